The maximum atomic E-state index is 12.1. The van der Waals surface area contributed by atoms with Crippen molar-refractivity contribution in [1.82, 2.24) is 10.2 Å². The van der Waals surface area contributed by atoms with Crippen molar-refractivity contribution in [2.45, 2.75) is 45.1 Å². The van der Waals surface area contributed by atoms with Crippen molar-refractivity contribution in [3.63, 3.8) is 0 Å². The number of carbonyl (C=O) groups excluding carboxylic acids is 1. The molecule has 2 aliphatic rings. The second-order valence-corrected chi connectivity index (χ2v) is 5.96. The molecule has 3 atom stereocenters. The molecule has 0 bridgehead atoms. The van der Waals surface area contributed by atoms with Gasteiger partial charge in [-0.25, -0.2) is 0 Å². The topological polar surface area (TPSA) is 58.4 Å². The van der Waals surface area contributed by atoms with E-state index in [4.69, 9.17) is 5.73 Å². The number of piperidine rings is 1. The molecule has 0 aromatic rings. The van der Waals surface area contributed by atoms with Crippen molar-refractivity contribution in [1.29, 1.82) is 0 Å². The first kappa shape index (κ1) is 13.8. The van der Waals surface area contributed by atoms with E-state index in [1.54, 1.807) is 0 Å². The minimum Gasteiger partial charge on any atom is -0.343 e. The molecule has 4 heteroatoms. The molecule has 104 valence electrons. The molecule has 1 heterocycles. The molecular formula is C14H27N3O. The minimum atomic E-state index is 0.159. The summed E-state index contributed by atoms with van der Waals surface area (Å²) < 4.78 is 0. The van der Waals surface area contributed by atoms with Crippen molar-refractivity contribution in [2.75, 3.05) is 26.2 Å². The van der Waals surface area contributed by atoms with E-state index in [9.17, 15) is 4.79 Å². The molecule has 1 aliphatic carbocycles. The lowest BCUT2D eigenvalue weighted by atomic mass is 10.1. The Morgan fingerprint density at radius 2 is 2.06 bits per heavy atom. The molecular weight excluding hydrogens is 226 g/mol. The molecule has 2 fully saturated rings. The average Bonchev–Trinajstić information content (AvgIpc) is 3.11. The fourth-order valence-electron chi connectivity index (χ4n) is 2.72. The normalized spacial score (nSPS) is 29.1. The second kappa shape index (κ2) is 6.53. The summed E-state index contributed by atoms with van der Waals surface area (Å²) >= 11 is 0. The molecule has 4 nitrogen and oxygen atoms in total. The highest BCUT2D eigenvalue weighted by Gasteiger charge is 2.32. The Bertz CT molecular complexity index is 276. The van der Waals surface area contributed by atoms with E-state index < -0.39 is 0 Å². The van der Waals surface area contributed by atoms with Crippen molar-refractivity contribution in [3.8, 4) is 0 Å². The van der Waals surface area contributed by atoms with Crippen LogP contribution in [-0.2, 0) is 4.79 Å². The predicted octanol–water partition coefficient (Wildman–Crippen LogP) is 0.962. The maximum Gasteiger partial charge on any atom is 0.224 e. The Balaban J connectivity index is 1.69. The summed E-state index contributed by atoms with van der Waals surface area (Å²) in [7, 11) is 0. The third-order valence-electron chi connectivity index (χ3n) is 4.36. The lowest BCUT2D eigenvalue weighted by Crippen LogP contribution is -2.44. The zero-order valence-corrected chi connectivity index (χ0v) is 11.5. The molecule has 3 N–H and O–H groups in total. The van der Waals surface area contributed by atoms with Crippen LogP contribution in [0.1, 0.15) is 39.0 Å². The first-order valence-corrected chi connectivity index (χ1v) is 7.42. The van der Waals surface area contributed by atoms with E-state index >= 15 is 0 Å². The highest BCUT2D eigenvalue weighted by Crippen LogP contribution is 2.36. The summed E-state index contributed by atoms with van der Waals surface area (Å²) in [5, 5.41) is 3.46. The summed E-state index contributed by atoms with van der Waals surface area (Å²) in [6.07, 6.45) is 5.47. The predicted molar refractivity (Wildman–Crippen MR) is 73.2 cm³/mol. The smallest absolute Gasteiger partial charge is 0.224 e. The van der Waals surface area contributed by atoms with Crippen molar-refractivity contribution < 1.29 is 4.79 Å². The first-order valence-electron chi connectivity index (χ1n) is 7.42. The van der Waals surface area contributed by atoms with Gasteiger partial charge >= 0.3 is 0 Å². The molecule has 0 aromatic heterocycles. The van der Waals surface area contributed by atoms with Crippen LogP contribution in [0.4, 0.5) is 0 Å². The van der Waals surface area contributed by atoms with Crippen LogP contribution in [-0.4, -0.2) is 43.0 Å². The summed E-state index contributed by atoms with van der Waals surface area (Å²) in [5.74, 6) is 1.94. The number of carbonyl (C=O) groups is 1. The number of likely N-dealkylation sites (tertiary alicyclic amines) is 1. The lowest BCUT2D eigenvalue weighted by Gasteiger charge is -2.28. The SMILES string of the molecule is CC1CC1CNC(CN)CC(=O)N1CCCCC1. The second-order valence-electron chi connectivity index (χ2n) is 5.96. The molecule has 0 radical (unpaired) electrons. The largest absolute Gasteiger partial charge is 0.343 e. The van der Waals surface area contributed by atoms with Gasteiger partial charge in [0, 0.05) is 32.1 Å². The molecule has 1 saturated heterocycles. The fourth-order valence-corrected chi connectivity index (χ4v) is 2.72. The Kier molecular flexibility index (Phi) is 5.01. The van der Waals surface area contributed by atoms with Crippen LogP contribution in [0.15, 0.2) is 0 Å². The molecule has 1 aliphatic heterocycles. The van der Waals surface area contributed by atoms with Crippen molar-refractivity contribution >= 4 is 5.91 Å². The molecule has 0 aromatic carbocycles. The molecule has 18 heavy (non-hydrogen) atoms. The lowest BCUT2D eigenvalue weighted by molar-refractivity contribution is -0.132. The van der Waals surface area contributed by atoms with Crippen LogP contribution in [0.3, 0.4) is 0 Å². The fraction of sp³-hybridized carbons (Fsp3) is 0.929. The van der Waals surface area contributed by atoms with Gasteiger partial charge in [-0.1, -0.05) is 6.92 Å². The first-order chi connectivity index (χ1) is 8.70. The Hall–Kier alpha value is -0.610. The third kappa shape index (κ3) is 3.95. The quantitative estimate of drug-likeness (QED) is 0.741. The molecule has 3 unspecified atom stereocenters. The Labute approximate surface area is 110 Å². The standard InChI is InChI=1S/C14H27N3O/c1-11-7-12(11)10-16-13(9-15)8-14(18)17-5-3-2-4-6-17/h11-13,16H,2-10,15H2,1H3. The number of hydrogen-bond acceptors (Lipinski definition) is 3. The number of rotatable bonds is 6. The zero-order chi connectivity index (χ0) is 13.0. The Morgan fingerprint density at radius 3 is 2.61 bits per heavy atom. The van der Waals surface area contributed by atoms with Gasteiger partial charge in [0.25, 0.3) is 0 Å². The van der Waals surface area contributed by atoms with Crippen LogP contribution < -0.4 is 11.1 Å². The number of nitrogens with zero attached hydrogens (tertiary/aromatic N) is 1. The maximum absolute atomic E-state index is 12.1. The van der Waals surface area contributed by atoms with Crippen molar-refractivity contribution in [2.24, 2.45) is 17.6 Å². The highest BCUT2D eigenvalue weighted by molar-refractivity contribution is 5.76. The summed E-state index contributed by atoms with van der Waals surface area (Å²) in [5.41, 5.74) is 5.76. The van der Waals surface area contributed by atoms with E-state index in [1.165, 1.54) is 12.8 Å². The van der Waals surface area contributed by atoms with Crippen LogP contribution in [0.2, 0.25) is 0 Å². The van der Waals surface area contributed by atoms with Gasteiger partial charge in [-0.2, -0.15) is 0 Å². The van der Waals surface area contributed by atoms with E-state index in [0.29, 0.717) is 13.0 Å². The van der Waals surface area contributed by atoms with Gasteiger partial charge in [0.1, 0.15) is 0 Å². The monoisotopic (exact) mass is 253 g/mol. The zero-order valence-electron chi connectivity index (χ0n) is 11.5. The van der Waals surface area contributed by atoms with E-state index in [-0.39, 0.29) is 11.9 Å². The summed E-state index contributed by atoms with van der Waals surface area (Å²) in [6, 6.07) is 0.159. The van der Waals surface area contributed by atoms with E-state index in [2.05, 4.69) is 12.2 Å². The number of hydrogen-bond donors (Lipinski definition) is 2. The van der Waals surface area contributed by atoms with Gasteiger partial charge in [-0.05, 0) is 44.1 Å². The number of nitrogens with two attached hydrogens (primary N) is 1. The molecule has 1 saturated carbocycles. The molecule has 2 rings (SSSR count). The van der Waals surface area contributed by atoms with Crippen LogP contribution in [0.5, 0.6) is 0 Å². The molecule has 1 amide bonds. The van der Waals surface area contributed by atoms with Crippen molar-refractivity contribution in [3.05, 3.63) is 0 Å². The average molecular weight is 253 g/mol. The van der Waals surface area contributed by atoms with Gasteiger partial charge < -0.3 is 16.0 Å². The van der Waals surface area contributed by atoms with Gasteiger partial charge in [0.2, 0.25) is 5.91 Å². The molecule has 0 spiro atoms. The number of amides is 1. The summed E-state index contributed by atoms with van der Waals surface area (Å²) in [4.78, 5) is 14.1. The minimum absolute atomic E-state index is 0.159. The Morgan fingerprint density at radius 1 is 1.39 bits per heavy atom. The van der Waals surface area contributed by atoms with Gasteiger partial charge in [-0.15, -0.1) is 0 Å². The van der Waals surface area contributed by atoms with Gasteiger partial charge in [0.15, 0.2) is 0 Å². The van der Waals surface area contributed by atoms with Crippen LogP contribution >= 0.6 is 0 Å². The van der Waals surface area contributed by atoms with E-state index in [1.807, 2.05) is 4.90 Å². The van der Waals surface area contributed by atoms with Gasteiger partial charge in [-0.3, -0.25) is 4.79 Å². The van der Waals surface area contributed by atoms with Gasteiger partial charge in [0.05, 0.1) is 0 Å². The van der Waals surface area contributed by atoms with E-state index in [0.717, 1.165) is 44.3 Å². The highest BCUT2D eigenvalue weighted by atomic mass is 16.2. The summed E-state index contributed by atoms with van der Waals surface area (Å²) in [6.45, 7) is 5.74. The van der Waals surface area contributed by atoms with Crippen LogP contribution in [0.25, 0.3) is 0 Å². The third-order valence-corrected chi connectivity index (χ3v) is 4.36. The number of nitrogens with one attached hydrogen (secondary N) is 1. The van der Waals surface area contributed by atoms with Crippen LogP contribution in [0, 0.1) is 11.8 Å².